The van der Waals surface area contributed by atoms with Crippen molar-refractivity contribution in [1.82, 2.24) is 9.80 Å². The predicted octanol–water partition coefficient (Wildman–Crippen LogP) is 2.72. The van der Waals surface area contributed by atoms with Crippen molar-refractivity contribution in [2.24, 2.45) is 4.99 Å². The van der Waals surface area contributed by atoms with E-state index in [9.17, 15) is 8.78 Å². The molecule has 2 aliphatic rings. The Morgan fingerprint density at radius 1 is 1.36 bits per heavy atom. The number of aliphatic imine (C=N–C) groups is 1. The van der Waals surface area contributed by atoms with Gasteiger partial charge in [-0.1, -0.05) is 12.1 Å². The maximum absolute atomic E-state index is 13.6. The smallest absolute Gasteiger partial charge is 0.214 e. The minimum atomic E-state index is -0.864. The van der Waals surface area contributed by atoms with Crippen molar-refractivity contribution in [3.63, 3.8) is 0 Å². The van der Waals surface area contributed by atoms with Crippen LogP contribution >= 0.6 is 0 Å². The van der Waals surface area contributed by atoms with Crippen LogP contribution in [0.3, 0.4) is 0 Å². The van der Waals surface area contributed by atoms with Gasteiger partial charge in [-0.05, 0) is 19.4 Å². The van der Waals surface area contributed by atoms with E-state index >= 15 is 0 Å². The van der Waals surface area contributed by atoms with Gasteiger partial charge in [-0.15, -0.1) is 0 Å². The van der Waals surface area contributed by atoms with Gasteiger partial charge in [-0.3, -0.25) is 0 Å². The molecule has 2 heterocycles. The summed E-state index contributed by atoms with van der Waals surface area (Å²) in [4.78, 5) is 8.70. The van der Waals surface area contributed by atoms with E-state index in [0.717, 1.165) is 24.9 Å². The molecule has 0 spiro atoms. The van der Waals surface area contributed by atoms with Crippen LogP contribution in [0.5, 0.6) is 0 Å². The molecule has 2 aliphatic heterocycles. The van der Waals surface area contributed by atoms with Crippen molar-refractivity contribution >= 4 is 5.90 Å². The summed E-state index contributed by atoms with van der Waals surface area (Å²) in [6.07, 6.45) is 2.95. The van der Waals surface area contributed by atoms with Gasteiger partial charge >= 0.3 is 0 Å². The lowest BCUT2D eigenvalue weighted by Gasteiger charge is -2.43. The molecule has 118 valence electrons. The zero-order valence-corrected chi connectivity index (χ0v) is 12.7. The first-order valence-electron chi connectivity index (χ1n) is 7.36. The third-order valence-corrected chi connectivity index (χ3v) is 4.22. The molecule has 1 atom stereocenters. The summed E-state index contributed by atoms with van der Waals surface area (Å²) in [5.41, 5.74) is 0.189. The van der Waals surface area contributed by atoms with Crippen LogP contribution in [0.25, 0.3) is 0 Å². The highest BCUT2D eigenvalue weighted by Gasteiger charge is 2.27. The van der Waals surface area contributed by atoms with Crippen LogP contribution < -0.4 is 0 Å². The summed E-state index contributed by atoms with van der Waals surface area (Å²) in [6.45, 7) is 3.63. The highest BCUT2D eigenvalue weighted by molar-refractivity contribution is 5.88. The third kappa shape index (κ3) is 2.77. The Bertz CT molecular complexity index is 630. The molecule has 0 bridgehead atoms. The molecule has 4 nitrogen and oxygen atoms in total. The molecule has 3 rings (SSSR count). The molecular formula is C16H19F2N3O. The van der Waals surface area contributed by atoms with E-state index in [4.69, 9.17) is 4.74 Å². The average molecular weight is 307 g/mol. The average Bonchev–Trinajstić information content (AvgIpc) is 2.53. The molecule has 0 amide bonds. The van der Waals surface area contributed by atoms with Crippen LogP contribution in [0.15, 0.2) is 35.1 Å². The van der Waals surface area contributed by atoms with Crippen molar-refractivity contribution in [2.75, 3.05) is 20.3 Å². The lowest BCUT2D eigenvalue weighted by molar-refractivity contribution is 0.133. The van der Waals surface area contributed by atoms with Crippen molar-refractivity contribution < 1.29 is 13.5 Å². The van der Waals surface area contributed by atoms with Crippen molar-refractivity contribution in [2.45, 2.75) is 26.0 Å². The Hall–Kier alpha value is -2.11. The lowest BCUT2D eigenvalue weighted by atomic mass is 10.1. The Balaban J connectivity index is 1.70. The quantitative estimate of drug-likeness (QED) is 0.841. The molecule has 1 fully saturated rings. The first kappa shape index (κ1) is 14.8. The maximum atomic E-state index is 13.6. The fourth-order valence-electron chi connectivity index (χ4n) is 2.65. The minimum Gasteiger partial charge on any atom is -0.473 e. The summed E-state index contributed by atoms with van der Waals surface area (Å²) >= 11 is 0. The van der Waals surface area contributed by atoms with Crippen LogP contribution in [-0.4, -0.2) is 42.0 Å². The van der Waals surface area contributed by atoms with Gasteiger partial charge in [0.2, 0.25) is 5.90 Å². The standard InChI is InChI=1S/C16H19F2N3O/c1-11-6-7-21-10-19-14(8-15(21)20(11)2)22-9-12-4-3-5-13(17)16(12)18/h3-5,8,11H,6-7,9-10H2,1-2H3/t11-/m0/s1. The van der Waals surface area contributed by atoms with Crippen LogP contribution in [0.2, 0.25) is 0 Å². The SMILES string of the molecule is C[C@H]1CCN2CN=C(OCc3cccc(F)c3F)C=C2N1C. The molecule has 6 heteroatoms. The van der Waals surface area contributed by atoms with Crippen molar-refractivity contribution in [3.05, 3.63) is 47.3 Å². The molecule has 1 aromatic carbocycles. The highest BCUT2D eigenvalue weighted by atomic mass is 19.2. The van der Waals surface area contributed by atoms with E-state index in [0.29, 0.717) is 18.6 Å². The Morgan fingerprint density at radius 3 is 3.00 bits per heavy atom. The van der Waals surface area contributed by atoms with Crippen molar-refractivity contribution in [3.8, 4) is 0 Å². The fourth-order valence-corrected chi connectivity index (χ4v) is 2.65. The number of halogens is 2. The van der Waals surface area contributed by atoms with Crippen LogP contribution in [0, 0.1) is 11.6 Å². The van der Waals surface area contributed by atoms with Gasteiger partial charge in [0.1, 0.15) is 19.1 Å². The third-order valence-electron chi connectivity index (χ3n) is 4.22. The van der Waals surface area contributed by atoms with Crippen molar-refractivity contribution in [1.29, 1.82) is 0 Å². The molecule has 0 N–H and O–H groups in total. The van der Waals surface area contributed by atoms with E-state index < -0.39 is 11.6 Å². The zero-order valence-electron chi connectivity index (χ0n) is 12.7. The number of benzene rings is 1. The molecular weight excluding hydrogens is 288 g/mol. The van der Waals surface area contributed by atoms with Gasteiger partial charge < -0.3 is 14.5 Å². The number of nitrogens with zero attached hydrogens (tertiary/aromatic N) is 3. The molecule has 0 aliphatic carbocycles. The number of rotatable bonds is 2. The first-order valence-corrected chi connectivity index (χ1v) is 7.36. The lowest BCUT2D eigenvalue weighted by Crippen LogP contribution is -2.47. The van der Waals surface area contributed by atoms with Crippen LogP contribution in [0.1, 0.15) is 18.9 Å². The maximum Gasteiger partial charge on any atom is 0.214 e. The molecule has 0 unspecified atom stereocenters. The van der Waals surface area contributed by atoms with Crippen LogP contribution in [-0.2, 0) is 11.3 Å². The Kier molecular flexibility index (Phi) is 4.00. The van der Waals surface area contributed by atoms with E-state index in [1.807, 2.05) is 13.1 Å². The van der Waals surface area contributed by atoms with Gasteiger partial charge in [0.15, 0.2) is 11.6 Å². The van der Waals surface area contributed by atoms with E-state index in [1.54, 1.807) is 0 Å². The fraction of sp³-hybridized carbons (Fsp3) is 0.438. The summed E-state index contributed by atoms with van der Waals surface area (Å²) in [5, 5.41) is 0. The molecule has 1 saturated heterocycles. The van der Waals surface area contributed by atoms with Gasteiger partial charge in [0.25, 0.3) is 0 Å². The minimum absolute atomic E-state index is 0.0362. The number of fused-ring (bicyclic) bond motifs is 1. The number of ether oxygens (including phenoxy) is 1. The summed E-state index contributed by atoms with van der Waals surface area (Å²) < 4.78 is 32.3. The summed E-state index contributed by atoms with van der Waals surface area (Å²) in [7, 11) is 2.04. The second-order valence-corrected chi connectivity index (χ2v) is 5.65. The van der Waals surface area contributed by atoms with E-state index in [-0.39, 0.29) is 12.2 Å². The van der Waals surface area contributed by atoms with Gasteiger partial charge in [0.05, 0.1) is 0 Å². The largest absolute Gasteiger partial charge is 0.473 e. The monoisotopic (exact) mass is 307 g/mol. The van der Waals surface area contributed by atoms with E-state index in [2.05, 4.69) is 21.7 Å². The molecule has 0 radical (unpaired) electrons. The summed E-state index contributed by atoms with van der Waals surface area (Å²) in [5.74, 6) is -0.215. The number of hydrogen-bond acceptors (Lipinski definition) is 4. The molecule has 22 heavy (non-hydrogen) atoms. The Morgan fingerprint density at radius 2 is 2.18 bits per heavy atom. The van der Waals surface area contributed by atoms with Crippen LogP contribution in [0.4, 0.5) is 8.78 Å². The second-order valence-electron chi connectivity index (χ2n) is 5.65. The van der Waals surface area contributed by atoms with E-state index in [1.165, 1.54) is 12.1 Å². The highest BCUT2D eigenvalue weighted by Crippen LogP contribution is 2.24. The predicted molar refractivity (Wildman–Crippen MR) is 80.1 cm³/mol. The Labute approximate surface area is 128 Å². The van der Waals surface area contributed by atoms with Gasteiger partial charge in [-0.2, -0.15) is 0 Å². The van der Waals surface area contributed by atoms with Gasteiger partial charge in [-0.25, -0.2) is 13.8 Å². The second kappa shape index (κ2) is 5.94. The zero-order chi connectivity index (χ0) is 15.7. The normalized spacial score (nSPS) is 21.2. The summed E-state index contributed by atoms with van der Waals surface area (Å²) in [6, 6.07) is 4.53. The topological polar surface area (TPSA) is 28.1 Å². The molecule has 0 aromatic heterocycles. The van der Waals surface area contributed by atoms with Gasteiger partial charge in [0, 0.05) is 31.3 Å². The molecule has 0 saturated carbocycles. The molecule has 1 aromatic rings. The number of hydrogen-bond donors (Lipinski definition) is 0. The first-order chi connectivity index (χ1) is 10.6.